The maximum atomic E-state index is 12.6. The number of benzene rings is 1. The molecule has 2 rings (SSSR count). The Hall–Kier alpha value is -1.75. The summed E-state index contributed by atoms with van der Waals surface area (Å²) in [6, 6.07) is 7.51. The van der Waals surface area contributed by atoms with E-state index in [1.807, 2.05) is 31.2 Å². The lowest BCUT2D eigenvalue weighted by atomic mass is 10.0. The molecule has 0 spiro atoms. The zero-order valence-electron chi connectivity index (χ0n) is 13.8. The van der Waals surface area contributed by atoms with Crippen molar-refractivity contribution in [2.75, 3.05) is 13.6 Å². The van der Waals surface area contributed by atoms with Crippen LogP contribution >= 0.6 is 0 Å². The Morgan fingerprint density at radius 2 is 1.86 bits per heavy atom. The van der Waals surface area contributed by atoms with Gasteiger partial charge in [-0.25, -0.2) is 0 Å². The number of ether oxygens (including phenoxy) is 2. The second-order valence-electron chi connectivity index (χ2n) is 6.26. The van der Waals surface area contributed by atoms with Gasteiger partial charge in [0.15, 0.2) is 11.5 Å². The summed E-state index contributed by atoms with van der Waals surface area (Å²) < 4.78 is 11.6. The molecule has 1 heterocycles. The lowest BCUT2D eigenvalue weighted by Gasteiger charge is -2.33. The molecule has 0 aromatic heterocycles. The van der Waals surface area contributed by atoms with Crippen molar-refractivity contribution >= 4 is 5.91 Å². The van der Waals surface area contributed by atoms with Crippen LogP contribution in [0.1, 0.15) is 27.2 Å². The van der Waals surface area contributed by atoms with Crippen molar-refractivity contribution in [2.45, 2.75) is 45.4 Å². The van der Waals surface area contributed by atoms with Crippen molar-refractivity contribution in [1.29, 1.82) is 0 Å². The third-order valence-electron chi connectivity index (χ3n) is 4.12. The van der Waals surface area contributed by atoms with Gasteiger partial charge in [0.05, 0.1) is 0 Å². The number of carbonyl (C=O) groups is 1. The molecule has 0 saturated carbocycles. The molecule has 1 aliphatic rings. The second-order valence-corrected chi connectivity index (χ2v) is 6.26. The Balaban J connectivity index is 1.97. The first-order valence-electron chi connectivity index (χ1n) is 7.83. The minimum absolute atomic E-state index is 0.0713. The SMILES string of the molecule is CC(C)C(N)CCN(C)C(=O)C1Oc2ccccc2OC1C. The quantitative estimate of drug-likeness (QED) is 0.904. The van der Waals surface area contributed by atoms with Crippen molar-refractivity contribution < 1.29 is 14.3 Å². The van der Waals surface area contributed by atoms with Crippen LogP contribution in [0.25, 0.3) is 0 Å². The van der Waals surface area contributed by atoms with E-state index in [-0.39, 0.29) is 18.1 Å². The number of amides is 1. The Kier molecular flexibility index (Phi) is 5.29. The van der Waals surface area contributed by atoms with Gasteiger partial charge in [0.2, 0.25) is 6.10 Å². The monoisotopic (exact) mass is 306 g/mol. The van der Waals surface area contributed by atoms with Crippen molar-refractivity contribution in [3.63, 3.8) is 0 Å². The van der Waals surface area contributed by atoms with Gasteiger partial charge in [-0.1, -0.05) is 26.0 Å². The summed E-state index contributed by atoms with van der Waals surface area (Å²) in [7, 11) is 1.78. The molecule has 5 nitrogen and oxygen atoms in total. The van der Waals surface area contributed by atoms with Gasteiger partial charge in [0.1, 0.15) is 6.10 Å². The summed E-state index contributed by atoms with van der Waals surface area (Å²) in [4.78, 5) is 14.3. The molecule has 3 atom stereocenters. The minimum Gasteiger partial charge on any atom is -0.482 e. The lowest BCUT2D eigenvalue weighted by Crippen LogP contribution is -2.50. The van der Waals surface area contributed by atoms with E-state index in [1.165, 1.54) is 0 Å². The summed E-state index contributed by atoms with van der Waals surface area (Å²) >= 11 is 0. The van der Waals surface area contributed by atoms with Crippen LogP contribution in [0.3, 0.4) is 0 Å². The number of likely N-dealkylation sites (N-methyl/N-ethyl adjacent to an activating group) is 1. The second kappa shape index (κ2) is 7.01. The van der Waals surface area contributed by atoms with E-state index in [0.717, 1.165) is 6.42 Å². The van der Waals surface area contributed by atoms with Crippen LogP contribution in [0.2, 0.25) is 0 Å². The van der Waals surface area contributed by atoms with E-state index in [1.54, 1.807) is 11.9 Å². The topological polar surface area (TPSA) is 64.8 Å². The molecule has 0 bridgehead atoms. The average molecular weight is 306 g/mol. The summed E-state index contributed by atoms with van der Waals surface area (Å²) in [5, 5.41) is 0. The van der Waals surface area contributed by atoms with Crippen molar-refractivity contribution in [1.82, 2.24) is 4.90 Å². The normalized spacial score (nSPS) is 21.5. The number of para-hydroxylation sites is 2. The highest BCUT2D eigenvalue weighted by molar-refractivity contribution is 5.82. The highest BCUT2D eigenvalue weighted by Crippen LogP contribution is 2.33. The van der Waals surface area contributed by atoms with E-state index in [9.17, 15) is 4.79 Å². The van der Waals surface area contributed by atoms with Gasteiger partial charge < -0.3 is 20.1 Å². The van der Waals surface area contributed by atoms with E-state index < -0.39 is 6.10 Å². The van der Waals surface area contributed by atoms with E-state index in [2.05, 4.69) is 13.8 Å². The van der Waals surface area contributed by atoms with Gasteiger partial charge in [-0.2, -0.15) is 0 Å². The number of hydrogen-bond donors (Lipinski definition) is 1. The molecule has 5 heteroatoms. The number of rotatable bonds is 5. The number of fused-ring (bicyclic) bond motifs is 1. The predicted molar refractivity (Wildman–Crippen MR) is 86.0 cm³/mol. The van der Waals surface area contributed by atoms with Crippen molar-refractivity contribution in [2.24, 2.45) is 11.7 Å². The molecule has 0 fully saturated rings. The molecule has 1 aromatic carbocycles. The summed E-state index contributed by atoms with van der Waals surface area (Å²) in [5.74, 6) is 1.64. The molecule has 1 aromatic rings. The molecule has 0 saturated heterocycles. The zero-order chi connectivity index (χ0) is 16.3. The Morgan fingerprint density at radius 3 is 2.45 bits per heavy atom. The lowest BCUT2D eigenvalue weighted by molar-refractivity contribution is -0.143. The molecule has 0 aliphatic carbocycles. The molecule has 122 valence electrons. The third-order valence-corrected chi connectivity index (χ3v) is 4.12. The van der Waals surface area contributed by atoms with Gasteiger partial charge in [-0.3, -0.25) is 4.79 Å². The molecule has 1 aliphatic heterocycles. The molecule has 0 radical (unpaired) electrons. The highest BCUT2D eigenvalue weighted by Gasteiger charge is 2.35. The predicted octanol–water partition coefficient (Wildman–Crippen LogP) is 2.05. The Morgan fingerprint density at radius 1 is 1.27 bits per heavy atom. The zero-order valence-corrected chi connectivity index (χ0v) is 13.8. The molecule has 2 N–H and O–H groups in total. The summed E-state index contributed by atoms with van der Waals surface area (Å²) in [5.41, 5.74) is 6.04. The van der Waals surface area contributed by atoms with Crippen LogP contribution in [0.4, 0.5) is 0 Å². The molecule has 3 unspecified atom stereocenters. The maximum absolute atomic E-state index is 12.6. The van der Waals surface area contributed by atoms with Crippen LogP contribution in [-0.2, 0) is 4.79 Å². The first-order valence-corrected chi connectivity index (χ1v) is 7.83. The number of hydrogen-bond acceptors (Lipinski definition) is 4. The average Bonchev–Trinajstić information content (AvgIpc) is 2.50. The van der Waals surface area contributed by atoms with Gasteiger partial charge in [-0.05, 0) is 31.4 Å². The maximum Gasteiger partial charge on any atom is 0.267 e. The van der Waals surface area contributed by atoms with Crippen LogP contribution in [-0.4, -0.2) is 42.6 Å². The minimum atomic E-state index is -0.616. The third kappa shape index (κ3) is 3.71. The van der Waals surface area contributed by atoms with Gasteiger partial charge in [0, 0.05) is 19.6 Å². The van der Waals surface area contributed by atoms with Crippen LogP contribution in [0, 0.1) is 5.92 Å². The molecule has 22 heavy (non-hydrogen) atoms. The first kappa shape index (κ1) is 16.6. The summed E-state index contributed by atoms with van der Waals surface area (Å²) in [6.07, 6.45) is -0.155. The molecular weight excluding hydrogens is 280 g/mol. The van der Waals surface area contributed by atoms with Crippen molar-refractivity contribution in [3.05, 3.63) is 24.3 Å². The standard InChI is InChI=1S/C17H26N2O3/c1-11(2)13(18)9-10-19(4)17(20)16-12(3)21-14-7-5-6-8-15(14)22-16/h5-8,11-13,16H,9-10,18H2,1-4H3. The fraction of sp³-hybridized carbons (Fsp3) is 0.588. The van der Waals surface area contributed by atoms with Crippen LogP contribution < -0.4 is 15.2 Å². The summed E-state index contributed by atoms with van der Waals surface area (Å²) in [6.45, 7) is 6.64. The number of carbonyl (C=O) groups excluding carboxylic acids is 1. The van der Waals surface area contributed by atoms with E-state index >= 15 is 0 Å². The van der Waals surface area contributed by atoms with Crippen molar-refractivity contribution in [3.8, 4) is 11.5 Å². The Labute approximate surface area is 132 Å². The van der Waals surface area contributed by atoms with E-state index in [4.69, 9.17) is 15.2 Å². The smallest absolute Gasteiger partial charge is 0.267 e. The highest BCUT2D eigenvalue weighted by atomic mass is 16.6. The fourth-order valence-electron chi connectivity index (χ4n) is 2.39. The number of nitrogens with zero attached hydrogens (tertiary/aromatic N) is 1. The van der Waals surface area contributed by atoms with Crippen LogP contribution in [0.15, 0.2) is 24.3 Å². The van der Waals surface area contributed by atoms with E-state index in [0.29, 0.717) is 24.0 Å². The molecule has 1 amide bonds. The number of nitrogens with two attached hydrogens (primary N) is 1. The van der Waals surface area contributed by atoms with Gasteiger partial charge in [-0.15, -0.1) is 0 Å². The largest absolute Gasteiger partial charge is 0.482 e. The van der Waals surface area contributed by atoms with Gasteiger partial charge in [0.25, 0.3) is 5.91 Å². The Bertz CT molecular complexity index is 518. The van der Waals surface area contributed by atoms with Crippen LogP contribution in [0.5, 0.6) is 11.5 Å². The first-order chi connectivity index (χ1) is 10.4. The van der Waals surface area contributed by atoms with Gasteiger partial charge >= 0.3 is 0 Å². The molecular formula is C17H26N2O3. The fourth-order valence-corrected chi connectivity index (χ4v) is 2.39.